The summed E-state index contributed by atoms with van der Waals surface area (Å²) in [6.45, 7) is 3.73. The molecule has 2 aliphatic heterocycles. The van der Waals surface area contributed by atoms with Gasteiger partial charge in [0.2, 0.25) is 10.0 Å². The summed E-state index contributed by atoms with van der Waals surface area (Å²) in [6, 6.07) is 5.19. The number of sulfonamides is 1. The van der Waals surface area contributed by atoms with Crippen molar-refractivity contribution in [3.8, 4) is 0 Å². The van der Waals surface area contributed by atoms with Gasteiger partial charge in [0.05, 0.1) is 11.2 Å². The number of hydrogen-bond acceptors (Lipinski definition) is 6. The van der Waals surface area contributed by atoms with E-state index in [1.165, 1.54) is 10.6 Å². The van der Waals surface area contributed by atoms with E-state index in [0.717, 1.165) is 31.6 Å². The van der Waals surface area contributed by atoms with E-state index >= 15 is 0 Å². The minimum Gasteiger partial charge on any atom is -0.369 e. The summed E-state index contributed by atoms with van der Waals surface area (Å²) >= 11 is 0. The van der Waals surface area contributed by atoms with Crippen molar-refractivity contribution in [3.05, 3.63) is 28.3 Å². The quantitative estimate of drug-likeness (QED) is 0.598. The smallest absolute Gasteiger partial charge is 0.292 e. The van der Waals surface area contributed by atoms with Crippen LogP contribution in [0.5, 0.6) is 0 Å². The highest BCUT2D eigenvalue weighted by molar-refractivity contribution is 7.88. The van der Waals surface area contributed by atoms with E-state index in [-0.39, 0.29) is 10.6 Å². The van der Waals surface area contributed by atoms with Crippen LogP contribution in [0.4, 0.5) is 17.1 Å². The molecule has 0 amide bonds. The van der Waals surface area contributed by atoms with Gasteiger partial charge in [-0.25, -0.2) is 8.42 Å². The van der Waals surface area contributed by atoms with Crippen molar-refractivity contribution in [2.75, 3.05) is 55.3 Å². The molecular formula is C15H22N4O4S. The Morgan fingerprint density at radius 2 is 1.62 bits per heavy atom. The highest BCUT2D eigenvalue weighted by atomic mass is 32.2. The first kappa shape index (κ1) is 17.0. The van der Waals surface area contributed by atoms with Gasteiger partial charge in [0.1, 0.15) is 5.69 Å². The molecule has 0 saturated carbocycles. The molecular weight excluding hydrogens is 332 g/mol. The molecule has 8 nitrogen and oxygen atoms in total. The molecule has 9 heteroatoms. The molecule has 0 unspecified atom stereocenters. The third-order valence-corrected chi connectivity index (χ3v) is 5.98. The van der Waals surface area contributed by atoms with Gasteiger partial charge in [-0.2, -0.15) is 4.31 Å². The molecule has 0 atom stereocenters. The van der Waals surface area contributed by atoms with E-state index in [2.05, 4.69) is 9.80 Å². The Bertz CT molecular complexity index is 723. The fourth-order valence-corrected chi connectivity index (χ4v) is 4.18. The lowest BCUT2D eigenvalue weighted by Crippen LogP contribution is -2.48. The SMILES string of the molecule is CS(=O)(=O)N1CCN(c2ccc([N+](=O)[O-])c(N3CCCC3)c2)CC1. The van der Waals surface area contributed by atoms with Crippen LogP contribution in [0.3, 0.4) is 0 Å². The van der Waals surface area contributed by atoms with E-state index in [9.17, 15) is 18.5 Å². The summed E-state index contributed by atoms with van der Waals surface area (Å²) < 4.78 is 24.7. The first-order valence-electron chi connectivity index (χ1n) is 8.10. The lowest BCUT2D eigenvalue weighted by atomic mass is 10.2. The van der Waals surface area contributed by atoms with Gasteiger partial charge in [-0.05, 0) is 25.0 Å². The van der Waals surface area contributed by atoms with E-state index in [4.69, 9.17) is 0 Å². The summed E-state index contributed by atoms with van der Waals surface area (Å²) in [5, 5.41) is 11.3. The van der Waals surface area contributed by atoms with Gasteiger partial charge in [0.15, 0.2) is 0 Å². The van der Waals surface area contributed by atoms with Crippen LogP contribution in [0, 0.1) is 10.1 Å². The molecule has 1 aromatic carbocycles. The normalized spacial score (nSPS) is 19.7. The number of hydrogen-bond donors (Lipinski definition) is 0. The molecule has 0 radical (unpaired) electrons. The van der Waals surface area contributed by atoms with Gasteiger partial charge in [-0.3, -0.25) is 10.1 Å². The van der Waals surface area contributed by atoms with Crippen molar-refractivity contribution >= 4 is 27.1 Å². The van der Waals surface area contributed by atoms with Crippen molar-refractivity contribution in [1.29, 1.82) is 0 Å². The van der Waals surface area contributed by atoms with E-state index < -0.39 is 10.0 Å². The largest absolute Gasteiger partial charge is 0.369 e. The van der Waals surface area contributed by atoms with Crippen LogP contribution in [0.2, 0.25) is 0 Å². The summed E-state index contributed by atoms with van der Waals surface area (Å²) in [5.41, 5.74) is 1.71. The molecule has 2 heterocycles. The van der Waals surface area contributed by atoms with Gasteiger partial charge < -0.3 is 9.80 Å². The Morgan fingerprint density at radius 3 is 2.17 bits per heavy atom. The van der Waals surface area contributed by atoms with Gasteiger partial charge >= 0.3 is 0 Å². The molecule has 2 fully saturated rings. The van der Waals surface area contributed by atoms with E-state index in [0.29, 0.717) is 31.9 Å². The number of nitrogens with zero attached hydrogens (tertiary/aromatic N) is 4. The van der Waals surface area contributed by atoms with E-state index in [1.54, 1.807) is 12.1 Å². The highest BCUT2D eigenvalue weighted by Gasteiger charge is 2.26. The predicted molar refractivity (Wildman–Crippen MR) is 93.2 cm³/mol. The van der Waals surface area contributed by atoms with Crippen LogP contribution in [-0.2, 0) is 10.0 Å². The van der Waals surface area contributed by atoms with Crippen LogP contribution in [0.1, 0.15) is 12.8 Å². The molecule has 0 N–H and O–H groups in total. The van der Waals surface area contributed by atoms with Crippen molar-refractivity contribution < 1.29 is 13.3 Å². The van der Waals surface area contributed by atoms with Crippen LogP contribution in [0.15, 0.2) is 18.2 Å². The molecule has 0 aromatic heterocycles. The summed E-state index contributed by atoms with van der Waals surface area (Å²) in [6.07, 6.45) is 3.32. The fraction of sp³-hybridized carbons (Fsp3) is 0.600. The number of anilines is 2. The van der Waals surface area contributed by atoms with E-state index in [1.807, 2.05) is 6.07 Å². The first-order chi connectivity index (χ1) is 11.4. The number of nitro benzene ring substituents is 1. The van der Waals surface area contributed by atoms with Crippen LogP contribution in [-0.4, -0.2) is 63.2 Å². The third-order valence-electron chi connectivity index (χ3n) is 4.68. The molecule has 24 heavy (non-hydrogen) atoms. The molecule has 0 bridgehead atoms. The van der Waals surface area contributed by atoms with Crippen molar-refractivity contribution in [2.45, 2.75) is 12.8 Å². The van der Waals surface area contributed by atoms with Gasteiger partial charge in [-0.1, -0.05) is 0 Å². The number of piperazine rings is 1. The maximum atomic E-state index is 11.6. The van der Waals surface area contributed by atoms with Gasteiger partial charge in [0, 0.05) is 51.0 Å². The van der Waals surface area contributed by atoms with Crippen LogP contribution in [0.25, 0.3) is 0 Å². The standard InChI is InChI=1S/C15H22N4O4S/c1-24(22,23)18-10-8-16(9-11-18)13-4-5-14(19(20)21)15(12-13)17-6-2-3-7-17/h4-5,12H,2-3,6-11H2,1H3. The first-order valence-corrected chi connectivity index (χ1v) is 9.94. The summed E-state index contributed by atoms with van der Waals surface area (Å²) in [4.78, 5) is 15.1. The molecule has 0 spiro atoms. The number of rotatable bonds is 4. The number of benzene rings is 1. The second-order valence-corrected chi connectivity index (χ2v) is 8.26. The molecule has 0 aliphatic carbocycles. The summed E-state index contributed by atoms with van der Waals surface area (Å²) in [5.74, 6) is 0. The Kier molecular flexibility index (Phi) is 4.64. The van der Waals surface area contributed by atoms with Crippen molar-refractivity contribution in [3.63, 3.8) is 0 Å². The Labute approximate surface area is 141 Å². The molecule has 1 aromatic rings. The second-order valence-electron chi connectivity index (χ2n) is 6.27. The molecule has 3 rings (SSSR count). The molecule has 132 valence electrons. The maximum Gasteiger partial charge on any atom is 0.292 e. The van der Waals surface area contributed by atoms with Gasteiger partial charge in [-0.15, -0.1) is 0 Å². The monoisotopic (exact) mass is 354 g/mol. The average molecular weight is 354 g/mol. The average Bonchev–Trinajstić information content (AvgIpc) is 3.08. The minimum absolute atomic E-state index is 0.135. The lowest BCUT2D eigenvalue weighted by Gasteiger charge is -2.35. The fourth-order valence-electron chi connectivity index (χ4n) is 3.35. The van der Waals surface area contributed by atoms with Gasteiger partial charge in [0.25, 0.3) is 5.69 Å². The van der Waals surface area contributed by atoms with Crippen LogP contribution < -0.4 is 9.80 Å². The Morgan fingerprint density at radius 1 is 1.00 bits per heavy atom. The number of nitro groups is 1. The zero-order valence-electron chi connectivity index (χ0n) is 13.7. The minimum atomic E-state index is -3.16. The zero-order chi connectivity index (χ0) is 17.3. The van der Waals surface area contributed by atoms with Crippen molar-refractivity contribution in [2.24, 2.45) is 0 Å². The van der Waals surface area contributed by atoms with Crippen LogP contribution >= 0.6 is 0 Å². The predicted octanol–water partition coefficient (Wildman–Crippen LogP) is 1.28. The maximum absolute atomic E-state index is 11.6. The lowest BCUT2D eigenvalue weighted by molar-refractivity contribution is -0.384. The molecule has 2 saturated heterocycles. The molecule has 2 aliphatic rings. The summed E-state index contributed by atoms with van der Waals surface area (Å²) in [7, 11) is -3.16. The van der Waals surface area contributed by atoms with Crippen molar-refractivity contribution in [1.82, 2.24) is 4.31 Å². The topological polar surface area (TPSA) is 87.0 Å². The second kappa shape index (κ2) is 6.56. The Hall–Kier alpha value is -1.87. The Balaban J connectivity index is 1.82. The highest BCUT2D eigenvalue weighted by Crippen LogP contribution is 2.34. The zero-order valence-corrected chi connectivity index (χ0v) is 14.5. The third kappa shape index (κ3) is 3.46.